The molecule has 0 atom stereocenters. The van der Waals surface area contributed by atoms with Gasteiger partial charge in [-0.25, -0.2) is 13.2 Å². The number of anilines is 2. The summed E-state index contributed by atoms with van der Waals surface area (Å²) < 4.78 is 31.6. The van der Waals surface area contributed by atoms with Crippen LogP contribution in [0.4, 0.5) is 16.2 Å². The lowest BCUT2D eigenvalue weighted by Gasteiger charge is -2.17. The Labute approximate surface area is 176 Å². The molecule has 1 fully saturated rings. The second kappa shape index (κ2) is 9.27. The maximum Gasteiger partial charge on any atom is 0.413 e. The fourth-order valence-corrected chi connectivity index (χ4v) is 4.67. The topological polar surface area (TPSA) is 96.0 Å². The minimum atomic E-state index is -3.51. The second-order valence-corrected chi connectivity index (χ2v) is 8.83. The van der Waals surface area contributed by atoms with Gasteiger partial charge in [-0.3, -0.25) is 9.69 Å². The monoisotopic (exact) mass is 431 g/mol. The molecule has 8 nitrogen and oxygen atoms in total. The molecule has 0 aliphatic carbocycles. The van der Waals surface area contributed by atoms with Gasteiger partial charge in [0.15, 0.2) is 0 Å². The Morgan fingerprint density at radius 1 is 1.03 bits per heavy atom. The predicted molar refractivity (Wildman–Crippen MR) is 114 cm³/mol. The minimum Gasteiger partial charge on any atom is -0.449 e. The van der Waals surface area contributed by atoms with Gasteiger partial charge in [0.1, 0.15) is 0 Å². The molecule has 1 heterocycles. The lowest BCUT2D eigenvalue weighted by atomic mass is 10.2. The smallest absolute Gasteiger partial charge is 0.413 e. The Balaban J connectivity index is 1.65. The van der Waals surface area contributed by atoms with Gasteiger partial charge in [0.05, 0.1) is 11.5 Å². The number of hydrogen-bond donors (Lipinski definition) is 1. The summed E-state index contributed by atoms with van der Waals surface area (Å²) in [5.41, 5.74) is 1.53. The Hall–Kier alpha value is -2.91. The molecular weight excluding hydrogens is 406 g/mol. The first kappa shape index (κ1) is 21.8. The average Bonchev–Trinajstić information content (AvgIpc) is 3.30. The van der Waals surface area contributed by atoms with E-state index in [0.717, 1.165) is 12.8 Å². The lowest BCUT2D eigenvalue weighted by molar-refractivity contribution is 0.102. The Morgan fingerprint density at radius 3 is 2.20 bits per heavy atom. The predicted octanol–water partition coefficient (Wildman–Crippen LogP) is 3.32. The lowest BCUT2D eigenvalue weighted by Crippen LogP contribution is -2.27. The zero-order valence-electron chi connectivity index (χ0n) is 17.0. The average molecular weight is 432 g/mol. The van der Waals surface area contributed by atoms with Crippen molar-refractivity contribution in [2.45, 2.75) is 24.7 Å². The van der Waals surface area contributed by atoms with Gasteiger partial charge in [0, 0.05) is 37.1 Å². The van der Waals surface area contributed by atoms with Crippen LogP contribution in [0.2, 0.25) is 0 Å². The first-order valence-corrected chi connectivity index (χ1v) is 11.2. The van der Waals surface area contributed by atoms with Gasteiger partial charge in [-0.1, -0.05) is 0 Å². The zero-order valence-corrected chi connectivity index (χ0v) is 17.8. The van der Waals surface area contributed by atoms with Gasteiger partial charge in [-0.2, -0.15) is 4.31 Å². The van der Waals surface area contributed by atoms with E-state index < -0.39 is 16.1 Å². The quantitative estimate of drug-likeness (QED) is 0.757. The third-order valence-corrected chi connectivity index (χ3v) is 6.79. The van der Waals surface area contributed by atoms with Crippen LogP contribution in [-0.4, -0.2) is 51.5 Å². The highest BCUT2D eigenvalue weighted by Gasteiger charge is 2.27. The van der Waals surface area contributed by atoms with Crippen molar-refractivity contribution in [2.75, 3.05) is 37.0 Å². The number of rotatable bonds is 6. The molecule has 1 aliphatic rings. The first-order valence-electron chi connectivity index (χ1n) is 9.75. The van der Waals surface area contributed by atoms with E-state index in [-0.39, 0.29) is 17.4 Å². The van der Waals surface area contributed by atoms with Gasteiger partial charge in [-0.15, -0.1) is 0 Å². The van der Waals surface area contributed by atoms with Crippen LogP contribution in [0.5, 0.6) is 0 Å². The van der Waals surface area contributed by atoms with Gasteiger partial charge >= 0.3 is 6.09 Å². The number of hydrogen-bond acceptors (Lipinski definition) is 5. The number of nitrogens with one attached hydrogen (secondary N) is 1. The van der Waals surface area contributed by atoms with E-state index in [4.69, 9.17) is 4.74 Å². The van der Waals surface area contributed by atoms with Crippen LogP contribution in [0.1, 0.15) is 30.1 Å². The van der Waals surface area contributed by atoms with Crippen LogP contribution in [0.15, 0.2) is 53.4 Å². The van der Waals surface area contributed by atoms with Crippen LogP contribution in [0.25, 0.3) is 0 Å². The highest BCUT2D eigenvalue weighted by atomic mass is 32.2. The van der Waals surface area contributed by atoms with E-state index >= 15 is 0 Å². The number of nitrogens with zero attached hydrogens (tertiary/aromatic N) is 2. The Kier molecular flexibility index (Phi) is 6.73. The van der Waals surface area contributed by atoms with E-state index in [0.29, 0.717) is 30.0 Å². The van der Waals surface area contributed by atoms with E-state index in [2.05, 4.69) is 5.32 Å². The number of carbonyl (C=O) groups is 2. The highest BCUT2D eigenvalue weighted by Crippen LogP contribution is 2.22. The molecule has 0 saturated carbocycles. The van der Waals surface area contributed by atoms with Gasteiger partial charge in [-0.05, 0) is 68.3 Å². The van der Waals surface area contributed by atoms with Crippen LogP contribution < -0.4 is 10.2 Å². The summed E-state index contributed by atoms with van der Waals surface area (Å²) in [6, 6.07) is 12.7. The molecule has 30 heavy (non-hydrogen) atoms. The van der Waals surface area contributed by atoms with Gasteiger partial charge in [0.25, 0.3) is 5.91 Å². The van der Waals surface area contributed by atoms with Crippen LogP contribution >= 0.6 is 0 Å². The second-order valence-electron chi connectivity index (χ2n) is 6.89. The molecule has 2 aromatic carbocycles. The zero-order chi connectivity index (χ0) is 21.7. The van der Waals surface area contributed by atoms with Crippen molar-refractivity contribution in [3.8, 4) is 0 Å². The Morgan fingerprint density at radius 2 is 1.63 bits per heavy atom. The summed E-state index contributed by atoms with van der Waals surface area (Å²) in [5, 5.41) is 2.76. The summed E-state index contributed by atoms with van der Waals surface area (Å²) in [6.45, 7) is 3.09. The van der Waals surface area contributed by atoms with Crippen molar-refractivity contribution in [2.24, 2.45) is 0 Å². The fraction of sp³-hybridized carbons (Fsp3) is 0.333. The van der Waals surface area contributed by atoms with Crippen LogP contribution in [0.3, 0.4) is 0 Å². The van der Waals surface area contributed by atoms with Crippen molar-refractivity contribution >= 4 is 33.4 Å². The molecule has 0 spiro atoms. The van der Waals surface area contributed by atoms with Crippen molar-refractivity contribution in [1.29, 1.82) is 0 Å². The van der Waals surface area contributed by atoms with E-state index in [9.17, 15) is 18.0 Å². The largest absolute Gasteiger partial charge is 0.449 e. The Bertz CT molecular complexity index is 998. The van der Waals surface area contributed by atoms with Crippen molar-refractivity contribution in [1.82, 2.24) is 4.31 Å². The van der Waals surface area contributed by atoms with Gasteiger partial charge < -0.3 is 10.1 Å². The first-order chi connectivity index (χ1) is 14.3. The number of carbonyl (C=O) groups excluding carboxylic acids is 2. The molecule has 0 radical (unpaired) electrons. The molecule has 0 bridgehead atoms. The molecule has 2 aromatic rings. The molecule has 1 aliphatic heterocycles. The highest BCUT2D eigenvalue weighted by molar-refractivity contribution is 7.89. The van der Waals surface area contributed by atoms with Crippen LogP contribution in [-0.2, 0) is 14.8 Å². The third kappa shape index (κ3) is 4.80. The number of ether oxygens (including phenoxy) is 1. The van der Waals surface area contributed by atoms with E-state index in [1.807, 2.05) is 0 Å². The van der Waals surface area contributed by atoms with Crippen molar-refractivity contribution < 1.29 is 22.7 Å². The SMILES string of the molecule is CCOC(=O)N(C)c1ccc(NC(=O)c2ccc(S(=O)(=O)N3CCCC3)cc2)cc1. The van der Waals surface area contributed by atoms with E-state index in [1.165, 1.54) is 33.5 Å². The van der Waals surface area contributed by atoms with Gasteiger partial charge in [0.2, 0.25) is 10.0 Å². The normalized spacial score (nSPS) is 14.3. The molecule has 1 saturated heterocycles. The molecule has 0 aromatic heterocycles. The van der Waals surface area contributed by atoms with E-state index in [1.54, 1.807) is 38.2 Å². The number of amides is 2. The third-order valence-electron chi connectivity index (χ3n) is 4.87. The van der Waals surface area contributed by atoms with Crippen LogP contribution in [0, 0.1) is 0 Å². The summed E-state index contributed by atoms with van der Waals surface area (Å²) in [4.78, 5) is 25.8. The molecule has 0 unspecified atom stereocenters. The molecule has 160 valence electrons. The standard InChI is InChI=1S/C21H25N3O5S/c1-3-29-21(26)23(2)18-10-8-17(9-11-18)22-20(25)16-6-12-19(13-7-16)30(27,28)24-14-4-5-15-24/h6-13H,3-5,14-15H2,1-2H3,(H,22,25). The summed E-state index contributed by atoms with van der Waals surface area (Å²) in [5.74, 6) is -0.355. The fourth-order valence-electron chi connectivity index (χ4n) is 3.15. The maximum atomic E-state index is 12.6. The summed E-state index contributed by atoms with van der Waals surface area (Å²) in [7, 11) is -1.90. The molecule has 2 amide bonds. The summed E-state index contributed by atoms with van der Waals surface area (Å²) in [6.07, 6.45) is 1.28. The number of benzene rings is 2. The number of sulfonamides is 1. The molecule has 1 N–H and O–H groups in total. The van der Waals surface area contributed by atoms with Crippen molar-refractivity contribution in [3.63, 3.8) is 0 Å². The minimum absolute atomic E-state index is 0.187. The molecule has 9 heteroatoms. The van der Waals surface area contributed by atoms with Crippen molar-refractivity contribution in [3.05, 3.63) is 54.1 Å². The maximum absolute atomic E-state index is 12.6. The summed E-state index contributed by atoms with van der Waals surface area (Å²) >= 11 is 0. The molecule has 3 rings (SSSR count). The molecular formula is C21H25N3O5S.